The molecule has 29 nitrogen and oxygen atoms in total. The highest BCUT2D eigenvalue weighted by Gasteiger charge is 2.40. The Hall–Kier alpha value is -10.7. The maximum atomic E-state index is 15.0. The van der Waals surface area contributed by atoms with Gasteiger partial charge in [-0.2, -0.15) is 0 Å². The van der Waals surface area contributed by atoms with Crippen LogP contribution >= 0.6 is 11.6 Å². The zero-order chi connectivity index (χ0) is 76.0. The van der Waals surface area contributed by atoms with Gasteiger partial charge in [-0.25, -0.2) is 4.79 Å². The van der Waals surface area contributed by atoms with E-state index in [-0.39, 0.29) is 102 Å². The van der Waals surface area contributed by atoms with Gasteiger partial charge in [-0.1, -0.05) is 123 Å². The quantitative estimate of drug-likeness (QED) is 0.0152. The van der Waals surface area contributed by atoms with Crippen molar-refractivity contribution < 1.29 is 57.5 Å². The number of aliphatic imine (C=N–C) groups is 1. The van der Waals surface area contributed by atoms with Crippen molar-refractivity contribution in [3.8, 4) is 0 Å². The van der Waals surface area contributed by atoms with Crippen molar-refractivity contribution in [1.29, 1.82) is 0 Å². The van der Waals surface area contributed by atoms with Gasteiger partial charge in [0, 0.05) is 83.8 Å². The number of benzene rings is 4. The second-order valence-corrected chi connectivity index (χ2v) is 26.8. The molecule has 6 rings (SSSR count). The Balaban J connectivity index is 1.26. The number of amides is 13. The lowest BCUT2D eigenvalue weighted by molar-refractivity contribution is -0.142. The van der Waals surface area contributed by atoms with Crippen LogP contribution in [0.5, 0.6) is 0 Å². The van der Waals surface area contributed by atoms with E-state index in [1.54, 1.807) is 67.6 Å². The molecule has 0 saturated carbocycles. The van der Waals surface area contributed by atoms with Crippen LogP contribution in [0, 0.1) is 12.8 Å². The zero-order valence-corrected chi connectivity index (χ0v) is 61.0. The molecular formula is C74H100ClN17O12. The summed E-state index contributed by atoms with van der Waals surface area (Å²) in [5.74, 6) is -7.76. The molecule has 16 N–H and O–H groups in total. The number of carbonyl (C=O) groups excluding carboxylic acids is 12. The van der Waals surface area contributed by atoms with Gasteiger partial charge in [-0.3, -0.25) is 62.7 Å². The van der Waals surface area contributed by atoms with Crippen LogP contribution in [0.25, 0.3) is 10.8 Å². The first-order chi connectivity index (χ1) is 49.6. The molecule has 0 unspecified atom stereocenters. The number of carbonyl (C=O) groups is 12. The minimum Gasteiger partial charge on any atom is -0.370 e. The normalized spacial score (nSPS) is 15.3. The van der Waals surface area contributed by atoms with E-state index in [2.05, 4.69) is 73.8 Å². The third-order valence-corrected chi connectivity index (χ3v) is 17.8. The Morgan fingerprint density at radius 2 is 1.05 bits per heavy atom. The summed E-state index contributed by atoms with van der Waals surface area (Å²) in [6.07, 6.45) is 3.70. The number of nitrogens with two attached hydrogens (primary N) is 2. The molecule has 5 aromatic rings. The summed E-state index contributed by atoms with van der Waals surface area (Å²) in [5.41, 5.74) is 14.6. The van der Waals surface area contributed by atoms with Crippen LogP contribution in [0.3, 0.4) is 0 Å². The fraction of sp³-hybridized carbons (Fsp3) is 0.459. The molecule has 0 aliphatic carbocycles. The highest BCUT2D eigenvalue weighted by atomic mass is 35.5. The number of aromatic nitrogens is 1. The second kappa shape index (κ2) is 41.4. The third kappa shape index (κ3) is 26.6. The molecule has 13 amide bonds. The Kier molecular flexibility index (Phi) is 32.7. The van der Waals surface area contributed by atoms with E-state index in [4.69, 9.17) is 23.1 Å². The average molecular weight is 1460 g/mol. The standard InChI is InChI=1S/C74H100ClN17O12/c1-9-54(85-68(99)61(41-50-16-12-32-80-42-50)91-70(101)60(39-48-27-30-53(75)31-28-48)90-67(98)58(84-46(6)93)40-49-26-29-51-17-10-11-18-52(51)37-49)64(95)89-59(38-47-24-22-44(4)23-25-47)69(100)86-55(19-13-34-82-74(77)104)65(96)88-57(36-43(2)3)66(97)87-56(20-14-33-81-73(76)79-8)72(103)92-35-15-21-62(92)71(102)83-45(5)63(94)78-7/h10-12,16-18,22-32,37,42-43,45,54-62H,9,13-15,19-21,33-36,38-41H2,1-8H3,(H,78,94)(H,83,102)(H,84,93)(H,85,99)(H,86,100)(H,87,97)(H,88,96)(H,89,95)(H,90,98)(H,91,101)(H3,76,79,81)(H3,77,82,104)/t45-,54+,55-,56+,57+,58-,59+,60-,61-,62-/m1/s1. The van der Waals surface area contributed by atoms with Gasteiger partial charge in [0.2, 0.25) is 65.0 Å². The fourth-order valence-corrected chi connectivity index (χ4v) is 12.1. The first-order valence-electron chi connectivity index (χ1n) is 35.0. The lowest BCUT2D eigenvalue weighted by atomic mass is 9.99. The molecule has 104 heavy (non-hydrogen) atoms. The van der Waals surface area contributed by atoms with Gasteiger partial charge in [0.15, 0.2) is 5.96 Å². The molecule has 2 heterocycles. The molecule has 0 spiro atoms. The molecule has 30 heteroatoms. The van der Waals surface area contributed by atoms with Crippen LogP contribution in [-0.4, -0.2) is 181 Å². The SMILES string of the molecule is CC[C@H](NC(=O)[C@@H](Cc1cccnc1)NC(=O)[C@@H](Cc1ccc(Cl)cc1)NC(=O)[C@@H](Cc1ccc2ccccc2c1)NC(C)=O)C(=O)N[C@@H](Cc1ccc(C)cc1)C(=O)N[C@H](CCCNC(N)=O)C(=O)N[C@@H](CC(C)C)C(=O)N[C@@H](CCCNC(N)=NC)C(=O)N1CCC[C@@H]1C(=O)N[C@H](C)C(=O)NC. The number of aryl methyl sites for hydroxylation is 1. The topological polar surface area (TPSA) is 430 Å². The summed E-state index contributed by atoms with van der Waals surface area (Å²) in [6, 6.07) is 16.9. The number of pyridine rings is 1. The predicted molar refractivity (Wildman–Crippen MR) is 395 cm³/mol. The number of likely N-dealkylation sites (N-methyl/N-ethyl adjacent to an activating group) is 1. The second-order valence-electron chi connectivity index (χ2n) is 26.3. The molecule has 0 bridgehead atoms. The van der Waals surface area contributed by atoms with Crippen molar-refractivity contribution in [2.45, 2.75) is 179 Å². The van der Waals surface area contributed by atoms with Crippen molar-refractivity contribution in [2.75, 3.05) is 33.7 Å². The van der Waals surface area contributed by atoms with E-state index in [1.807, 2.05) is 63.2 Å². The first-order valence-corrected chi connectivity index (χ1v) is 35.4. The molecule has 0 radical (unpaired) electrons. The number of likely N-dealkylation sites (tertiary alicyclic amines) is 1. The lowest BCUT2D eigenvalue weighted by Crippen LogP contribution is -2.61. The van der Waals surface area contributed by atoms with E-state index in [1.165, 1.54) is 45.2 Å². The van der Waals surface area contributed by atoms with Gasteiger partial charge in [0.05, 0.1) is 0 Å². The van der Waals surface area contributed by atoms with Gasteiger partial charge >= 0.3 is 6.03 Å². The number of guanidine groups is 1. The molecule has 1 aliphatic heterocycles. The number of primary amides is 1. The van der Waals surface area contributed by atoms with E-state index < -0.39 is 131 Å². The van der Waals surface area contributed by atoms with Gasteiger partial charge in [0.1, 0.15) is 60.4 Å². The minimum absolute atomic E-state index is 0.0351. The molecular weight excluding hydrogens is 1350 g/mol. The molecule has 4 aromatic carbocycles. The van der Waals surface area contributed by atoms with Crippen molar-refractivity contribution in [2.24, 2.45) is 22.4 Å². The highest BCUT2D eigenvalue weighted by molar-refractivity contribution is 6.30. The lowest BCUT2D eigenvalue weighted by Gasteiger charge is -2.31. The summed E-state index contributed by atoms with van der Waals surface area (Å²) in [5, 5.41) is 35.2. The number of halogens is 1. The Morgan fingerprint density at radius 1 is 0.558 bits per heavy atom. The van der Waals surface area contributed by atoms with Crippen LogP contribution < -0.4 is 75.3 Å². The maximum absolute atomic E-state index is 15.0. The van der Waals surface area contributed by atoms with Crippen molar-refractivity contribution >= 4 is 99.3 Å². The monoisotopic (exact) mass is 1450 g/mol. The summed E-state index contributed by atoms with van der Waals surface area (Å²) in [7, 11) is 2.92. The summed E-state index contributed by atoms with van der Waals surface area (Å²) in [6.45, 7) is 10.3. The van der Waals surface area contributed by atoms with E-state index in [0.717, 1.165) is 21.9 Å². The Bertz CT molecular complexity index is 3810. The summed E-state index contributed by atoms with van der Waals surface area (Å²) < 4.78 is 0. The van der Waals surface area contributed by atoms with Crippen molar-refractivity contribution in [3.05, 3.63) is 148 Å². The number of hydrogen-bond donors (Lipinski definition) is 14. The van der Waals surface area contributed by atoms with Crippen LogP contribution in [0.2, 0.25) is 5.02 Å². The van der Waals surface area contributed by atoms with Gasteiger partial charge in [0.25, 0.3) is 0 Å². The highest BCUT2D eigenvalue weighted by Crippen LogP contribution is 2.22. The number of nitrogens with zero attached hydrogens (tertiary/aromatic N) is 3. The molecule has 1 aromatic heterocycles. The minimum atomic E-state index is -1.45. The Labute approximate surface area is 611 Å². The fourth-order valence-electron chi connectivity index (χ4n) is 12.0. The third-order valence-electron chi connectivity index (χ3n) is 17.6. The van der Waals surface area contributed by atoms with Gasteiger partial charge in [-0.05, 0) is 122 Å². The number of urea groups is 1. The molecule has 1 fully saturated rings. The van der Waals surface area contributed by atoms with Crippen LogP contribution in [0.1, 0.15) is 114 Å². The number of fused-ring (bicyclic) bond motifs is 1. The number of nitrogens with one attached hydrogen (secondary N) is 12. The maximum Gasteiger partial charge on any atom is 0.312 e. The predicted octanol–water partition coefficient (Wildman–Crippen LogP) is 1.83. The molecule has 560 valence electrons. The van der Waals surface area contributed by atoms with Gasteiger partial charge in [-0.15, -0.1) is 0 Å². The Morgan fingerprint density at radius 3 is 1.61 bits per heavy atom. The average Bonchev–Trinajstić information content (AvgIpc) is 1.56. The van der Waals surface area contributed by atoms with Crippen molar-refractivity contribution in [1.82, 2.24) is 73.7 Å². The van der Waals surface area contributed by atoms with E-state index in [9.17, 15) is 52.7 Å². The smallest absolute Gasteiger partial charge is 0.312 e. The van der Waals surface area contributed by atoms with Crippen LogP contribution in [-0.2, 0) is 78.4 Å². The first kappa shape index (κ1) is 82.2. The summed E-state index contributed by atoms with van der Waals surface area (Å²) >= 11 is 6.26. The van der Waals surface area contributed by atoms with E-state index in [0.29, 0.717) is 28.1 Å². The molecule has 1 aliphatic rings. The van der Waals surface area contributed by atoms with E-state index >= 15 is 4.79 Å². The number of hydrogen-bond acceptors (Lipinski definition) is 14. The van der Waals surface area contributed by atoms with Crippen LogP contribution in [0.4, 0.5) is 4.79 Å². The molecule has 10 atom stereocenters. The molecule has 1 saturated heterocycles. The zero-order valence-electron chi connectivity index (χ0n) is 60.2. The van der Waals surface area contributed by atoms with Crippen LogP contribution in [0.15, 0.2) is 121 Å². The summed E-state index contributed by atoms with van der Waals surface area (Å²) in [4.78, 5) is 178. The van der Waals surface area contributed by atoms with Crippen molar-refractivity contribution in [3.63, 3.8) is 0 Å². The van der Waals surface area contributed by atoms with Gasteiger partial charge < -0.3 is 80.2 Å². The largest absolute Gasteiger partial charge is 0.370 e. The number of rotatable bonds is 38.